The van der Waals surface area contributed by atoms with Crippen molar-refractivity contribution in [3.8, 4) is 5.75 Å². The van der Waals surface area contributed by atoms with E-state index in [1.54, 1.807) is 18.2 Å². The number of ether oxygens (including phenoxy) is 1. The van der Waals surface area contributed by atoms with Gasteiger partial charge in [-0.1, -0.05) is 18.2 Å². The van der Waals surface area contributed by atoms with Gasteiger partial charge < -0.3 is 4.74 Å². The van der Waals surface area contributed by atoms with Gasteiger partial charge in [-0.3, -0.25) is 10.1 Å². The van der Waals surface area contributed by atoms with Crippen molar-refractivity contribution in [3.05, 3.63) is 64.4 Å². The lowest BCUT2D eigenvalue weighted by Crippen LogP contribution is -2.34. The van der Waals surface area contributed by atoms with E-state index in [4.69, 9.17) is 4.74 Å². The summed E-state index contributed by atoms with van der Waals surface area (Å²) in [6.45, 7) is 0. The van der Waals surface area contributed by atoms with Crippen LogP contribution in [0.2, 0.25) is 0 Å². The van der Waals surface area contributed by atoms with E-state index >= 15 is 0 Å². The average molecular weight is 274 g/mol. The Bertz CT molecular complexity index is 587. The van der Waals surface area contributed by atoms with Crippen molar-refractivity contribution < 1.29 is 9.66 Å². The molecule has 2 rings (SSSR count). The van der Waals surface area contributed by atoms with Gasteiger partial charge in [-0.15, -0.1) is 4.99 Å². The van der Waals surface area contributed by atoms with Crippen molar-refractivity contribution in [3.63, 3.8) is 0 Å². The van der Waals surface area contributed by atoms with Crippen molar-refractivity contribution in [2.75, 3.05) is 0 Å². The van der Waals surface area contributed by atoms with Crippen molar-refractivity contribution in [1.29, 1.82) is 0 Å². The fraction of sp³-hybridized carbons (Fsp3) is 0.154. The third-order valence-electron chi connectivity index (χ3n) is 2.65. The van der Waals surface area contributed by atoms with Crippen LogP contribution in [0.4, 0.5) is 0 Å². The van der Waals surface area contributed by atoms with Gasteiger partial charge >= 0.3 is 5.66 Å². The second-order valence-electron chi connectivity index (χ2n) is 3.90. The van der Waals surface area contributed by atoms with Crippen molar-refractivity contribution in [2.24, 2.45) is 4.99 Å². The minimum atomic E-state index is -1.55. The summed E-state index contributed by atoms with van der Waals surface area (Å²) < 4.78 is 5.57. The number of hydrogen-bond acceptors (Lipinski definition) is 5. The molecule has 5 nitrogen and oxygen atoms in total. The topological polar surface area (TPSA) is 64.7 Å². The molecule has 0 saturated heterocycles. The molecule has 0 amide bonds. The van der Waals surface area contributed by atoms with Crippen molar-refractivity contribution in [1.82, 2.24) is 0 Å². The first kappa shape index (κ1) is 13.1. The summed E-state index contributed by atoms with van der Waals surface area (Å²) in [5.41, 5.74) is -1.55. The van der Waals surface area contributed by atoms with Gasteiger partial charge in [0.1, 0.15) is 11.5 Å². The molecule has 19 heavy (non-hydrogen) atoms. The molecule has 0 aliphatic heterocycles. The van der Waals surface area contributed by atoms with Crippen LogP contribution in [0.3, 0.4) is 0 Å². The lowest BCUT2D eigenvalue weighted by Gasteiger charge is -2.18. The Morgan fingerprint density at radius 2 is 2.16 bits per heavy atom. The first-order chi connectivity index (χ1) is 9.16. The molecular formula is C13H10N2O3S. The summed E-state index contributed by atoms with van der Waals surface area (Å²) in [5, 5.41) is 13.1. The summed E-state index contributed by atoms with van der Waals surface area (Å²) in [7, 11) is 0. The van der Waals surface area contributed by atoms with E-state index in [0.717, 1.165) is 0 Å². The zero-order valence-electron chi connectivity index (χ0n) is 9.85. The summed E-state index contributed by atoms with van der Waals surface area (Å²) in [5.74, 6) is 1.22. The minimum absolute atomic E-state index is 0.0856. The summed E-state index contributed by atoms with van der Waals surface area (Å²) >= 11 is 4.45. The first-order valence-corrected chi connectivity index (χ1v) is 5.93. The highest BCUT2D eigenvalue weighted by Crippen LogP contribution is 2.26. The minimum Gasteiger partial charge on any atom is -0.458 e. The Labute approximate surface area is 115 Å². The lowest BCUT2D eigenvalue weighted by atomic mass is 10.0. The van der Waals surface area contributed by atoms with Gasteiger partial charge in [0, 0.05) is 6.08 Å². The highest BCUT2D eigenvalue weighted by atomic mass is 32.1. The standard InChI is InChI=1S/C13H10N2O3S/c16-15(17)13(14-10-19)8-6-12(7-9-13)18-11-4-2-1-3-5-11/h1-8H,9H2/t13-/m1/s1. The van der Waals surface area contributed by atoms with E-state index in [0.29, 0.717) is 11.5 Å². The summed E-state index contributed by atoms with van der Waals surface area (Å²) in [6.07, 6.45) is 4.59. The van der Waals surface area contributed by atoms with Crippen LogP contribution in [0, 0.1) is 10.1 Å². The highest BCUT2D eigenvalue weighted by Gasteiger charge is 2.40. The molecule has 1 aliphatic rings. The molecule has 0 fully saturated rings. The third-order valence-corrected chi connectivity index (χ3v) is 2.74. The van der Waals surface area contributed by atoms with Gasteiger partial charge in [0.05, 0.1) is 16.5 Å². The second-order valence-corrected chi connectivity index (χ2v) is 4.08. The van der Waals surface area contributed by atoms with E-state index in [1.165, 1.54) is 12.2 Å². The van der Waals surface area contributed by atoms with Crippen LogP contribution in [-0.4, -0.2) is 15.7 Å². The molecule has 1 aromatic rings. The third kappa shape index (κ3) is 2.93. The van der Waals surface area contributed by atoms with Crippen molar-refractivity contribution >= 4 is 17.4 Å². The van der Waals surface area contributed by atoms with Crippen LogP contribution < -0.4 is 4.74 Å². The van der Waals surface area contributed by atoms with Gasteiger partial charge in [-0.2, -0.15) is 0 Å². The maximum atomic E-state index is 11.0. The maximum Gasteiger partial charge on any atom is 0.343 e. The van der Waals surface area contributed by atoms with Gasteiger partial charge in [0.25, 0.3) is 0 Å². The summed E-state index contributed by atoms with van der Waals surface area (Å²) in [6, 6.07) is 9.18. The molecule has 6 heteroatoms. The largest absolute Gasteiger partial charge is 0.458 e. The Kier molecular flexibility index (Phi) is 3.85. The van der Waals surface area contributed by atoms with Crippen LogP contribution in [0.15, 0.2) is 59.3 Å². The number of rotatable bonds is 4. The number of nitro groups is 1. The van der Waals surface area contributed by atoms with Gasteiger partial charge in [-0.25, -0.2) is 0 Å². The van der Waals surface area contributed by atoms with Crippen LogP contribution in [0.25, 0.3) is 0 Å². The molecule has 0 spiro atoms. The van der Waals surface area contributed by atoms with E-state index in [1.807, 2.05) is 18.2 Å². The summed E-state index contributed by atoms with van der Waals surface area (Å²) in [4.78, 5) is 14.2. The van der Waals surface area contributed by atoms with Gasteiger partial charge in [0.15, 0.2) is 0 Å². The zero-order chi connectivity index (χ0) is 13.7. The van der Waals surface area contributed by atoms with Crippen LogP contribution in [0.1, 0.15) is 6.42 Å². The number of aliphatic imine (C=N–C) groups is 1. The highest BCUT2D eigenvalue weighted by molar-refractivity contribution is 7.78. The number of benzene rings is 1. The molecule has 1 aliphatic carbocycles. The van der Waals surface area contributed by atoms with Crippen LogP contribution in [0.5, 0.6) is 5.75 Å². The smallest absolute Gasteiger partial charge is 0.343 e. The second kappa shape index (κ2) is 5.56. The lowest BCUT2D eigenvalue weighted by molar-refractivity contribution is -0.552. The average Bonchev–Trinajstić information content (AvgIpc) is 2.42. The van der Waals surface area contributed by atoms with Crippen molar-refractivity contribution in [2.45, 2.75) is 12.1 Å². The Balaban J connectivity index is 2.15. The van der Waals surface area contributed by atoms with Crippen LogP contribution >= 0.6 is 12.2 Å². The molecule has 0 unspecified atom stereocenters. The fourth-order valence-electron chi connectivity index (χ4n) is 1.64. The number of hydrogen-bond donors (Lipinski definition) is 0. The molecule has 0 saturated carbocycles. The fourth-order valence-corrected chi connectivity index (χ4v) is 1.80. The molecule has 1 aromatic carbocycles. The monoisotopic (exact) mass is 274 g/mol. The zero-order valence-corrected chi connectivity index (χ0v) is 10.7. The molecule has 0 aromatic heterocycles. The number of allylic oxidation sites excluding steroid dienone is 1. The molecule has 96 valence electrons. The predicted octanol–water partition coefficient (Wildman–Crippen LogP) is 2.99. The molecular weight excluding hydrogens is 264 g/mol. The normalized spacial score (nSPS) is 21.2. The molecule has 0 bridgehead atoms. The molecule has 0 heterocycles. The first-order valence-electron chi connectivity index (χ1n) is 5.52. The number of thiocarbonyl (C=S) groups is 1. The number of para-hydroxylation sites is 1. The SMILES string of the molecule is O=[N+]([O-])[C@]1(N=C=S)C=CC(Oc2ccccc2)=CC1. The predicted molar refractivity (Wildman–Crippen MR) is 73.7 cm³/mol. The maximum absolute atomic E-state index is 11.0. The van der Waals surface area contributed by atoms with Crippen LogP contribution in [-0.2, 0) is 0 Å². The Morgan fingerprint density at radius 1 is 1.42 bits per heavy atom. The number of nitrogens with zero attached hydrogens (tertiary/aromatic N) is 2. The quantitative estimate of drug-likeness (QED) is 0.366. The van der Waals surface area contributed by atoms with E-state index < -0.39 is 10.6 Å². The molecule has 0 N–H and O–H groups in total. The van der Waals surface area contributed by atoms with E-state index in [-0.39, 0.29) is 6.42 Å². The van der Waals surface area contributed by atoms with Gasteiger partial charge in [0.2, 0.25) is 0 Å². The van der Waals surface area contributed by atoms with E-state index in [2.05, 4.69) is 22.4 Å². The molecule has 1 atom stereocenters. The Hall–Kier alpha value is -2.30. The number of isothiocyanates is 1. The molecule has 0 radical (unpaired) electrons. The van der Waals surface area contributed by atoms with E-state index in [9.17, 15) is 10.1 Å². The van der Waals surface area contributed by atoms with Gasteiger partial charge in [-0.05, 0) is 36.5 Å². The Morgan fingerprint density at radius 3 is 2.68 bits per heavy atom.